The molecule has 2 aromatic carbocycles. The lowest BCUT2D eigenvalue weighted by molar-refractivity contribution is 0.0606. The van der Waals surface area contributed by atoms with E-state index in [0.29, 0.717) is 24.3 Å². The van der Waals surface area contributed by atoms with Crippen LogP contribution in [-0.4, -0.2) is 66.4 Å². The van der Waals surface area contributed by atoms with E-state index in [1.807, 2.05) is 35.2 Å². The van der Waals surface area contributed by atoms with Crippen molar-refractivity contribution in [3.05, 3.63) is 78.2 Å². The first-order chi connectivity index (χ1) is 18.4. The zero-order valence-electron chi connectivity index (χ0n) is 22.1. The van der Waals surface area contributed by atoms with Crippen molar-refractivity contribution in [3.63, 3.8) is 0 Å². The molecule has 38 heavy (non-hydrogen) atoms. The summed E-state index contributed by atoms with van der Waals surface area (Å²) in [6.07, 6.45) is 9.67. The smallest absolute Gasteiger partial charge is 0.283 e. The van der Waals surface area contributed by atoms with E-state index in [2.05, 4.69) is 9.88 Å². The van der Waals surface area contributed by atoms with Gasteiger partial charge in [0, 0.05) is 51.5 Å². The maximum Gasteiger partial charge on any atom is 0.283 e. The van der Waals surface area contributed by atoms with Gasteiger partial charge in [0.05, 0.1) is 18.6 Å². The van der Waals surface area contributed by atoms with Crippen LogP contribution in [0.1, 0.15) is 48.0 Å². The van der Waals surface area contributed by atoms with Crippen LogP contribution in [0.2, 0.25) is 0 Å². The number of aryl methyl sites for hydroxylation is 1. The minimum atomic E-state index is -3.95. The molecular weight excluding hydrogens is 498 g/mol. The first-order valence-electron chi connectivity index (χ1n) is 13.6. The van der Waals surface area contributed by atoms with Gasteiger partial charge in [-0.05, 0) is 42.5 Å². The number of hydrogen-bond donors (Lipinski definition) is 0. The maximum absolute atomic E-state index is 13.7. The SMILES string of the molecule is Cn1cnc(S(=O)(=O)N(Cc2ccccc2)c2cccc(C(=O)N3CCN(CC4CCCCC4)CC3)c2)c1. The quantitative estimate of drug-likeness (QED) is 0.433. The van der Waals surface area contributed by atoms with Crippen molar-refractivity contribution in [2.45, 2.75) is 43.7 Å². The van der Waals surface area contributed by atoms with Gasteiger partial charge in [0.25, 0.3) is 15.9 Å². The van der Waals surface area contributed by atoms with Crippen molar-refractivity contribution in [2.24, 2.45) is 13.0 Å². The predicted octanol–water partition coefficient (Wildman–Crippen LogP) is 4.15. The minimum Gasteiger partial charge on any atom is -0.339 e. The van der Waals surface area contributed by atoms with Crippen LogP contribution < -0.4 is 4.31 Å². The van der Waals surface area contributed by atoms with Gasteiger partial charge in [0.15, 0.2) is 5.03 Å². The van der Waals surface area contributed by atoms with Crippen LogP contribution in [0.4, 0.5) is 5.69 Å². The molecule has 2 heterocycles. The molecule has 9 heteroatoms. The van der Waals surface area contributed by atoms with Crippen LogP contribution >= 0.6 is 0 Å². The van der Waals surface area contributed by atoms with Crippen molar-refractivity contribution in [3.8, 4) is 0 Å². The Balaban J connectivity index is 1.33. The molecule has 1 aromatic heterocycles. The highest BCUT2D eigenvalue weighted by molar-refractivity contribution is 7.92. The number of aromatic nitrogens is 2. The molecule has 1 aliphatic heterocycles. The number of imidazole rings is 1. The van der Waals surface area contributed by atoms with Gasteiger partial charge in [-0.15, -0.1) is 0 Å². The number of carbonyl (C=O) groups excluding carboxylic acids is 1. The second-order valence-corrected chi connectivity index (χ2v) is 12.3. The fourth-order valence-electron chi connectivity index (χ4n) is 5.54. The van der Waals surface area contributed by atoms with Crippen molar-refractivity contribution >= 4 is 21.6 Å². The minimum absolute atomic E-state index is 0.0262. The molecule has 0 spiro atoms. The monoisotopic (exact) mass is 535 g/mol. The van der Waals surface area contributed by atoms with Gasteiger partial charge in [-0.3, -0.25) is 14.0 Å². The first kappa shape index (κ1) is 26.4. The van der Waals surface area contributed by atoms with E-state index >= 15 is 0 Å². The van der Waals surface area contributed by atoms with Gasteiger partial charge in [-0.1, -0.05) is 55.7 Å². The Hall–Kier alpha value is -3.17. The van der Waals surface area contributed by atoms with E-state index in [0.717, 1.165) is 31.1 Å². The van der Waals surface area contributed by atoms with Crippen LogP contribution in [0, 0.1) is 5.92 Å². The molecule has 2 fully saturated rings. The summed E-state index contributed by atoms with van der Waals surface area (Å²) in [5.41, 5.74) is 1.79. The van der Waals surface area contributed by atoms with Gasteiger partial charge < -0.3 is 9.47 Å². The Morgan fingerprint density at radius 1 is 0.974 bits per heavy atom. The average Bonchev–Trinajstić information content (AvgIpc) is 3.40. The Bertz CT molecular complexity index is 1330. The van der Waals surface area contributed by atoms with E-state index in [9.17, 15) is 13.2 Å². The number of sulfonamides is 1. The third-order valence-electron chi connectivity index (χ3n) is 7.69. The maximum atomic E-state index is 13.7. The lowest BCUT2D eigenvalue weighted by Gasteiger charge is -2.37. The molecule has 0 unspecified atom stereocenters. The summed E-state index contributed by atoms with van der Waals surface area (Å²) in [7, 11) is -2.21. The van der Waals surface area contributed by atoms with Crippen molar-refractivity contribution in [2.75, 3.05) is 37.0 Å². The number of benzene rings is 2. The molecule has 202 valence electrons. The molecule has 1 saturated carbocycles. The largest absolute Gasteiger partial charge is 0.339 e. The van der Waals surface area contributed by atoms with Crippen LogP contribution in [-0.2, 0) is 23.6 Å². The van der Waals surface area contributed by atoms with Crippen molar-refractivity contribution in [1.29, 1.82) is 0 Å². The fraction of sp³-hybridized carbons (Fsp3) is 0.448. The molecule has 1 amide bonds. The van der Waals surface area contributed by atoms with Gasteiger partial charge in [0.2, 0.25) is 0 Å². The van der Waals surface area contributed by atoms with Crippen LogP contribution in [0.5, 0.6) is 0 Å². The van der Waals surface area contributed by atoms with Crippen LogP contribution in [0.15, 0.2) is 72.1 Å². The lowest BCUT2D eigenvalue weighted by atomic mass is 9.89. The molecule has 0 bridgehead atoms. The third kappa shape index (κ3) is 6.10. The fourth-order valence-corrected chi connectivity index (χ4v) is 6.96. The van der Waals surface area contributed by atoms with E-state index in [1.165, 1.54) is 48.9 Å². The molecule has 1 saturated heterocycles. The first-order valence-corrected chi connectivity index (χ1v) is 15.0. The zero-order valence-corrected chi connectivity index (χ0v) is 22.9. The normalized spacial score (nSPS) is 17.4. The average molecular weight is 536 g/mol. The highest BCUT2D eigenvalue weighted by Gasteiger charge is 2.29. The molecule has 1 aliphatic carbocycles. The number of amides is 1. The van der Waals surface area contributed by atoms with Gasteiger partial charge in [-0.25, -0.2) is 4.98 Å². The Labute approximate surface area is 225 Å². The topological polar surface area (TPSA) is 78.8 Å². The van der Waals surface area contributed by atoms with Crippen LogP contribution in [0.3, 0.4) is 0 Å². The van der Waals surface area contributed by atoms with E-state index < -0.39 is 10.0 Å². The van der Waals surface area contributed by atoms with Gasteiger partial charge in [-0.2, -0.15) is 8.42 Å². The highest BCUT2D eigenvalue weighted by atomic mass is 32.2. The van der Waals surface area contributed by atoms with E-state index in [-0.39, 0.29) is 17.5 Å². The number of hydrogen-bond acceptors (Lipinski definition) is 5. The molecular formula is C29H37N5O3S. The zero-order chi connectivity index (χ0) is 26.5. The van der Waals surface area contributed by atoms with Crippen LogP contribution in [0.25, 0.3) is 0 Å². The summed E-state index contributed by atoms with van der Waals surface area (Å²) in [6, 6.07) is 16.4. The summed E-state index contributed by atoms with van der Waals surface area (Å²) < 4.78 is 30.3. The summed E-state index contributed by atoms with van der Waals surface area (Å²) >= 11 is 0. The Morgan fingerprint density at radius 2 is 1.71 bits per heavy atom. The predicted molar refractivity (Wildman–Crippen MR) is 148 cm³/mol. The van der Waals surface area contributed by atoms with Crippen molar-refractivity contribution < 1.29 is 13.2 Å². The number of anilines is 1. The molecule has 8 nitrogen and oxygen atoms in total. The summed E-state index contributed by atoms with van der Waals surface area (Å²) in [5, 5.41) is -0.0262. The number of carbonyl (C=O) groups is 1. The standard InChI is InChI=1S/C29H37N5O3S/c1-31-22-28(30-23-31)38(36,37)34(21-25-11-6-3-7-12-25)27-14-8-13-26(19-27)29(35)33-17-15-32(16-18-33)20-24-9-4-2-5-10-24/h3,6-8,11-14,19,22-24H,2,4-5,9-10,15-18,20-21H2,1H3. The van der Waals surface area contributed by atoms with E-state index in [4.69, 9.17) is 0 Å². The Kier molecular flexibility index (Phi) is 8.14. The molecule has 3 aromatic rings. The number of piperazine rings is 1. The summed E-state index contributed by atoms with van der Waals surface area (Å²) in [4.78, 5) is 22.0. The lowest BCUT2D eigenvalue weighted by Crippen LogP contribution is -2.49. The molecule has 5 rings (SSSR count). The molecule has 0 atom stereocenters. The second kappa shape index (κ2) is 11.7. The third-order valence-corrected chi connectivity index (χ3v) is 9.35. The second-order valence-electron chi connectivity index (χ2n) is 10.5. The Morgan fingerprint density at radius 3 is 2.39 bits per heavy atom. The van der Waals surface area contributed by atoms with Crippen molar-refractivity contribution in [1.82, 2.24) is 19.4 Å². The molecule has 0 radical (unpaired) electrons. The highest BCUT2D eigenvalue weighted by Crippen LogP contribution is 2.28. The molecule has 2 aliphatic rings. The van der Waals surface area contributed by atoms with Gasteiger partial charge in [0.1, 0.15) is 0 Å². The molecule has 0 N–H and O–H groups in total. The van der Waals surface area contributed by atoms with Gasteiger partial charge >= 0.3 is 0 Å². The van der Waals surface area contributed by atoms with E-state index in [1.54, 1.807) is 35.9 Å². The number of rotatable bonds is 8. The summed E-state index contributed by atoms with van der Waals surface area (Å²) in [5.74, 6) is 0.735. The number of nitrogens with zero attached hydrogens (tertiary/aromatic N) is 5. The summed E-state index contributed by atoms with van der Waals surface area (Å²) in [6.45, 7) is 4.42.